The van der Waals surface area contributed by atoms with Gasteiger partial charge in [-0.15, -0.1) is 10.2 Å². The molecular formula is C19H11ClN4O3. The topological polar surface area (TPSA) is 87.0 Å². The van der Waals surface area contributed by atoms with Crippen LogP contribution in [0.25, 0.3) is 33.5 Å². The van der Waals surface area contributed by atoms with Crippen LogP contribution in [0.4, 0.5) is 0 Å². The van der Waals surface area contributed by atoms with Crippen molar-refractivity contribution in [3.8, 4) is 11.5 Å². The van der Waals surface area contributed by atoms with Crippen LogP contribution in [-0.4, -0.2) is 19.7 Å². The number of halogens is 1. The Morgan fingerprint density at radius 1 is 1.00 bits per heavy atom. The number of fused-ring (bicyclic) bond motifs is 3. The SMILES string of the molecule is O=c1c2oc3ccccc3c2ncn1Cc1nnc(-c2ccc(Cl)cc2)o1. The van der Waals surface area contributed by atoms with E-state index in [4.69, 9.17) is 20.4 Å². The van der Waals surface area contributed by atoms with Crippen molar-refractivity contribution in [3.05, 3.63) is 76.1 Å². The Morgan fingerprint density at radius 3 is 2.67 bits per heavy atom. The van der Waals surface area contributed by atoms with Crippen LogP contribution in [0.2, 0.25) is 5.02 Å². The number of hydrogen-bond acceptors (Lipinski definition) is 6. The number of hydrogen-bond donors (Lipinski definition) is 0. The van der Waals surface area contributed by atoms with Crippen LogP contribution < -0.4 is 5.56 Å². The van der Waals surface area contributed by atoms with E-state index in [-0.39, 0.29) is 17.7 Å². The maximum atomic E-state index is 12.7. The fourth-order valence-corrected chi connectivity index (χ4v) is 3.03. The Bertz CT molecular complexity index is 1330. The van der Waals surface area contributed by atoms with Gasteiger partial charge in [0.25, 0.3) is 5.56 Å². The minimum Gasteiger partial charge on any atom is -0.448 e. The summed E-state index contributed by atoms with van der Waals surface area (Å²) in [5.74, 6) is 0.645. The summed E-state index contributed by atoms with van der Waals surface area (Å²) in [5, 5.41) is 9.45. The first kappa shape index (κ1) is 15.8. The summed E-state index contributed by atoms with van der Waals surface area (Å²) in [6, 6.07) is 14.4. The van der Waals surface area contributed by atoms with Crippen molar-refractivity contribution in [2.24, 2.45) is 0 Å². The highest BCUT2D eigenvalue weighted by molar-refractivity contribution is 6.30. The molecule has 0 aliphatic rings. The Balaban J connectivity index is 1.51. The lowest BCUT2D eigenvalue weighted by atomic mass is 10.2. The van der Waals surface area contributed by atoms with E-state index in [0.29, 0.717) is 27.9 Å². The molecule has 0 saturated carbocycles. The lowest BCUT2D eigenvalue weighted by molar-refractivity contribution is 0.482. The van der Waals surface area contributed by atoms with Gasteiger partial charge >= 0.3 is 0 Å². The van der Waals surface area contributed by atoms with E-state index in [0.717, 1.165) is 10.9 Å². The molecule has 0 bridgehead atoms. The van der Waals surface area contributed by atoms with Crippen molar-refractivity contribution < 1.29 is 8.83 Å². The van der Waals surface area contributed by atoms with Crippen molar-refractivity contribution in [2.45, 2.75) is 6.54 Å². The smallest absolute Gasteiger partial charge is 0.297 e. The summed E-state index contributed by atoms with van der Waals surface area (Å²) in [6.45, 7) is 0.0966. The molecule has 5 rings (SSSR count). The minimum absolute atomic E-state index is 0.0966. The van der Waals surface area contributed by atoms with Gasteiger partial charge in [-0.3, -0.25) is 9.36 Å². The maximum absolute atomic E-state index is 12.7. The zero-order chi connectivity index (χ0) is 18.4. The van der Waals surface area contributed by atoms with Gasteiger partial charge in [0.2, 0.25) is 17.4 Å². The summed E-state index contributed by atoms with van der Waals surface area (Å²) < 4.78 is 12.7. The molecule has 0 radical (unpaired) electrons. The molecule has 7 nitrogen and oxygen atoms in total. The van der Waals surface area contributed by atoms with Crippen LogP contribution in [-0.2, 0) is 6.54 Å². The molecule has 5 aromatic rings. The van der Waals surface area contributed by atoms with Crippen LogP contribution in [0.3, 0.4) is 0 Å². The van der Waals surface area contributed by atoms with E-state index >= 15 is 0 Å². The summed E-state index contributed by atoms with van der Waals surface area (Å²) in [4.78, 5) is 17.1. The standard InChI is InChI=1S/C19H11ClN4O3/c20-12-7-5-11(6-8-12)18-23-22-15(27-18)9-24-10-21-16-13-3-1-2-4-14(13)26-17(16)19(24)25/h1-8,10H,9H2. The summed E-state index contributed by atoms with van der Waals surface area (Å²) in [5.41, 5.74) is 1.81. The second-order valence-corrected chi connectivity index (χ2v) is 6.40. The molecule has 0 amide bonds. The molecule has 8 heteroatoms. The predicted octanol–water partition coefficient (Wildman–Crippen LogP) is 3.89. The van der Waals surface area contributed by atoms with Crippen molar-refractivity contribution in [1.29, 1.82) is 0 Å². The highest BCUT2D eigenvalue weighted by atomic mass is 35.5. The zero-order valence-electron chi connectivity index (χ0n) is 13.8. The summed E-state index contributed by atoms with van der Waals surface area (Å²) >= 11 is 5.89. The van der Waals surface area contributed by atoms with Gasteiger partial charge in [0.15, 0.2) is 0 Å². The van der Waals surface area contributed by atoms with Crippen LogP contribution in [0.1, 0.15) is 5.89 Å². The first-order chi connectivity index (χ1) is 13.2. The third-order valence-electron chi connectivity index (χ3n) is 4.21. The van der Waals surface area contributed by atoms with Gasteiger partial charge in [0.1, 0.15) is 17.6 Å². The number of rotatable bonds is 3. The quantitative estimate of drug-likeness (QED) is 0.473. The van der Waals surface area contributed by atoms with Crippen LogP contribution >= 0.6 is 11.6 Å². The number of nitrogens with zero attached hydrogens (tertiary/aromatic N) is 4. The Labute approximate surface area is 156 Å². The van der Waals surface area contributed by atoms with Gasteiger partial charge in [0, 0.05) is 16.0 Å². The lowest BCUT2D eigenvalue weighted by Gasteiger charge is -2.00. The fourth-order valence-electron chi connectivity index (χ4n) is 2.90. The van der Waals surface area contributed by atoms with Crippen molar-refractivity contribution in [2.75, 3.05) is 0 Å². The van der Waals surface area contributed by atoms with Gasteiger partial charge in [-0.05, 0) is 36.4 Å². The van der Waals surface area contributed by atoms with Crippen LogP contribution in [0.5, 0.6) is 0 Å². The Morgan fingerprint density at radius 2 is 1.81 bits per heavy atom. The molecular weight excluding hydrogens is 368 g/mol. The minimum atomic E-state index is -0.303. The van der Waals surface area contributed by atoms with Crippen molar-refractivity contribution in [3.63, 3.8) is 0 Å². The second kappa shape index (κ2) is 6.07. The number of furan rings is 1. The van der Waals surface area contributed by atoms with Gasteiger partial charge in [-0.25, -0.2) is 4.98 Å². The molecule has 2 aromatic carbocycles. The molecule has 132 valence electrons. The molecule has 3 aromatic heterocycles. The van der Waals surface area contributed by atoms with Crippen LogP contribution in [0.15, 0.2) is 68.5 Å². The summed E-state index contributed by atoms with van der Waals surface area (Å²) in [6.07, 6.45) is 1.46. The molecule has 0 unspecified atom stereocenters. The van der Waals surface area contributed by atoms with Gasteiger partial charge in [0.05, 0.1) is 6.33 Å². The normalized spacial score (nSPS) is 11.4. The first-order valence-electron chi connectivity index (χ1n) is 8.14. The lowest BCUT2D eigenvalue weighted by Crippen LogP contribution is -2.20. The Hall–Kier alpha value is -3.45. The molecule has 0 fully saturated rings. The third-order valence-corrected chi connectivity index (χ3v) is 4.47. The van der Waals surface area contributed by atoms with E-state index in [1.807, 2.05) is 18.2 Å². The molecule has 0 saturated heterocycles. The highest BCUT2D eigenvalue weighted by Gasteiger charge is 2.15. The first-order valence-corrected chi connectivity index (χ1v) is 8.52. The van der Waals surface area contributed by atoms with Crippen molar-refractivity contribution >= 4 is 33.7 Å². The fraction of sp³-hybridized carbons (Fsp3) is 0.0526. The average Bonchev–Trinajstić information content (AvgIpc) is 3.30. The largest absolute Gasteiger partial charge is 0.448 e. The van der Waals surface area contributed by atoms with Crippen molar-refractivity contribution in [1.82, 2.24) is 19.7 Å². The third kappa shape index (κ3) is 2.69. The number of aromatic nitrogens is 4. The molecule has 3 heterocycles. The Kier molecular flexibility index (Phi) is 3.54. The summed E-state index contributed by atoms with van der Waals surface area (Å²) in [7, 11) is 0. The molecule has 0 atom stereocenters. The van der Waals surface area contributed by atoms with E-state index in [9.17, 15) is 4.79 Å². The molecule has 0 spiro atoms. The maximum Gasteiger partial charge on any atom is 0.297 e. The average molecular weight is 379 g/mol. The van der Waals surface area contributed by atoms with Gasteiger partial charge in [-0.1, -0.05) is 23.7 Å². The van der Waals surface area contributed by atoms with E-state index in [2.05, 4.69) is 15.2 Å². The van der Waals surface area contributed by atoms with Crippen LogP contribution in [0, 0.1) is 0 Å². The zero-order valence-corrected chi connectivity index (χ0v) is 14.6. The predicted molar refractivity (Wildman–Crippen MR) is 99.6 cm³/mol. The monoisotopic (exact) mass is 378 g/mol. The molecule has 0 N–H and O–H groups in total. The molecule has 27 heavy (non-hydrogen) atoms. The van der Waals surface area contributed by atoms with Gasteiger partial charge < -0.3 is 8.83 Å². The second-order valence-electron chi connectivity index (χ2n) is 5.96. The number of benzene rings is 2. The highest BCUT2D eigenvalue weighted by Crippen LogP contribution is 2.24. The van der Waals surface area contributed by atoms with E-state index < -0.39 is 0 Å². The molecule has 0 aliphatic carbocycles. The van der Waals surface area contributed by atoms with Gasteiger partial charge in [-0.2, -0.15) is 0 Å². The van der Waals surface area contributed by atoms with E-state index in [1.165, 1.54) is 10.9 Å². The number of para-hydroxylation sites is 1. The molecule has 0 aliphatic heterocycles. The van der Waals surface area contributed by atoms with E-state index in [1.54, 1.807) is 30.3 Å².